The molecule has 6 nitrogen and oxygen atoms in total. The summed E-state index contributed by atoms with van der Waals surface area (Å²) in [5, 5.41) is 5.83. The summed E-state index contributed by atoms with van der Waals surface area (Å²) in [7, 11) is 1.45. The summed E-state index contributed by atoms with van der Waals surface area (Å²) in [5.41, 5.74) is 2.80. The third-order valence-electron chi connectivity index (χ3n) is 8.54. The largest absolute Gasteiger partial charge is 0.416 e. The Kier molecular flexibility index (Phi) is 8.07. The summed E-state index contributed by atoms with van der Waals surface area (Å²) in [5.74, 6) is -2.67. The minimum atomic E-state index is -5.01. The molecule has 13 heteroatoms. The SMILES string of the molecule is CNC(=O)N1CC[C@@]2(C[C@@H]1c1ccc(F)cc1C)N[C@@H](C(N)=O)CC2[C@@H](C)c1cc(C(F)(F)F)cc(C(F)(F)F)c1. The van der Waals surface area contributed by atoms with Gasteiger partial charge in [0, 0.05) is 19.1 Å². The van der Waals surface area contributed by atoms with Gasteiger partial charge in [-0.25, -0.2) is 9.18 Å². The maximum atomic E-state index is 13.9. The number of halogens is 7. The number of nitrogens with two attached hydrogens (primary N) is 1. The van der Waals surface area contributed by atoms with E-state index >= 15 is 0 Å². The Morgan fingerprint density at radius 2 is 1.68 bits per heavy atom. The third-order valence-corrected chi connectivity index (χ3v) is 8.54. The number of alkyl halides is 6. The van der Waals surface area contributed by atoms with Gasteiger partial charge < -0.3 is 16.0 Å². The molecule has 2 aliphatic heterocycles. The fourth-order valence-corrected chi connectivity index (χ4v) is 6.52. The molecule has 2 fully saturated rings. The Morgan fingerprint density at radius 3 is 2.20 bits per heavy atom. The van der Waals surface area contributed by atoms with E-state index in [1.807, 2.05) is 0 Å². The van der Waals surface area contributed by atoms with Gasteiger partial charge in [0.15, 0.2) is 0 Å². The van der Waals surface area contributed by atoms with E-state index in [0.717, 1.165) is 0 Å². The van der Waals surface area contributed by atoms with Crippen molar-refractivity contribution in [1.82, 2.24) is 15.5 Å². The van der Waals surface area contributed by atoms with Gasteiger partial charge in [-0.1, -0.05) is 13.0 Å². The Bertz CT molecular complexity index is 1300. The van der Waals surface area contributed by atoms with Crippen molar-refractivity contribution in [2.45, 2.75) is 69.0 Å². The van der Waals surface area contributed by atoms with Crippen LogP contribution in [0.1, 0.15) is 66.0 Å². The van der Waals surface area contributed by atoms with Gasteiger partial charge in [-0.15, -0.1) is 0 Å². The topological polar surface area (TPSA) is 87.5 Å². The average Bonchev–Trinajstić information content (AvgIpc) is 3.25. The van der Waals surface area contributed by atoms with Gasteiger partial charge in [-0.05, 0) is 85.0 Å². The molecule has 2 aromatic rings. The van der Waals surface area contributed by atoms with E-state index in [9.17, 15) is 40.3 Å². The van der Waals surface area contributed by atoms with Crippen LogP contribution in [0.15, 0.2) is 36.4 Å². The van der Waals surface area contributed by atoms with Gasteiger partial charge in [-0.3, -0.25) is 10.1 Å². The number of carbonyl (C=O) groups is 2. The minimum Gasteiger partial charge on any atom is -0.368 e. The van der Waals surface area contributed by atoms with Crippen LogP contribution in [0.4, 0.5) is 35.5 Å². The van der Waals surface area contributed by atoms with Crippen LogP contribution in [0, 0.1) is 18.7 Å². The highest BCUT2D eigenvalue weighted by Crippen LogP contribution is 2.51. The van der Waals surface area contributed by atoms with Crippen molar-refractivity contribution in [2.24, 2.45) is 11.7 Å². The standard InChI is InChI=1S/C28H31F7N4O2/c1-14-8-19(29)4-5-20(14)23-13-26(6-7-39(23)25(41)37-3)21(12-22(38-26)24(36)40)15(2)16-9-17(27(30,31)32)11-18(10-16)28(33,34)35/h4-5,8-11,15,21-23,38H,6-7,12-13H2,1-3H3,(H2,36,40)(H,37,41)/t15-,21?,22+,23+,26-/m0/s1. The number of likely N-dealkylation sites (tertiary alicyclic amines) is 1. The molecule has 0 bridgehead atoms. The molecular weight excluding hydrogens is 557 g/mol. The fraction of sp³-hybridized carbons (Fsp3) is 0.500. The first kappa shape index (κ1) is 30.6. The van der Waals surface area contributed by atoms with Gasteiger partial charge in [0.25, 0.3) is 0 Å². The number of carbonyl (C=O) groups excluding carboxylic acids is 2. The Labute approximate surface area is 232 Å². The van der Waals surface area contributed by atoms with Crippen LogP contribution in [-0.4, -0.2) is 42.0 Å². The van der Waals surface area contributed by atoms with Gasteiger partial charge in [0.2, 0.25) is 5.91 Å². The number of nitrogens with one attached hydrogen (secondary N) is 2. The lowest BCUT2D eigenvalue weighted by Crippen LogP contribution is -2.59. The summed E-state index contributed by atoms with van der Waals surface area (Å²) >= 11 is 0. The second kappa shape index (κ2) is 10.8. The summed E-state index contributed by atoms with van der Waals surface area (Å²) in [6.07, 6.45) is -9.54. The lowest BCUT2D eigenvalue weighted by Gasteiger charge is -2.49. The summed E-state index contributed by atoms with van der Waals surface area (Å²) in [6, 6.07) is 3.69. The maximum absolute atomic E-state index is 13.9. The van der Waals surface area contributed by atoms with E-state index in [2.05, 4.69) is 10.6 Å². The first-order valence-electron chi connectivity index (χ1n) is 13.1. The smallest absolute Gasteiger partial charge is 0.368 e. The van der Waals surface area contributed by atoms with E-state index < -0.39 is 70.7 Å². The molecule has 2 aliphatic rings. The number of rotatable bonds is 4. The van der Waals surface area contributed by atoms with Crippen molar-refractivity contribution in [3.05, 3.63) is 70.0 Å². The molecule has 0 saturated carbocycles. The first-order chi connectivity index (χ1) is 19.0. The Hall–Kier alpha value is -3.35. The van der Waals surface area contributed by atoms with Crippen LogP contribution in [-0.2, 0) is 17.1 Å². The molecule has 2 aromatic carbocycles. The normalized spacial score (nSPS) is 25.8. The van der Waals surface area contributed by atoms with Crippen molar-refractivity contribution in [1.29, 1.82) is 0 Å². The van der Waals surface area contributed by atoms with Crippen molar-refractivity contribution in [3.8, 4) is 0 Å². The Morgan fingerprint density at radius 1 is 1.07 bits per heavy atom. The first-order valence-corrected chi connectivity index (χ1v) is 13.1. The molecule has 1 spiro atoms. The van der Waals surface area contributed by atoms with Crippen LogP contribution in [0.2, 0.25) is 0 Å². The van der Waals surface area contributed by atoms with Gasteiger partial charge >= 0.3 is 18.4 Å². The monoisotopic (exact) mass is 588 g/mol. The van der Waals surface area contributed by atoms with Gasteiger partial charge in [0.05, 0.1) is 23.2 Å². The van der Waals surface area contributed by atoms with Crippen molar-refractivity contribution >= 4 is 11.9 Å². The highest BCUT2D eigenvalue weighted by molar-refractivity contribution is 5.80. The summed E-state index contributed by atoms with van der Waals surface area (Å²) in [4.78, 5) is 26.7. The molecule has 4 rings (SSSR count). The quantitative estimate of drug-likeness (QED) is 0.404. The van der Waals surface area contributed by atoms with Crippen LogP contribution < -0.4 is 16.4 Å². The molecule has 41 heavy (non-hydrogen) atoms. The number of urea groups is 1. The lowest BCUT2D eigenvalue weighted by molar-refractivity contribution is -0.143. The number of benzene rings is 2. The maximum Gasteiger partial charge on any atom is 0.416 e. The number of piperidine rings is 1. The second-order valence-corrected chi connectivity index (χ2v) is 10.9. The molecule has 0 radical (unpaired) electrons. The Balaban J connectivity index is 1.82. The third kappa shape index (κ3) is 6.00. The van der Waals surface area contributed by atoms with E-state index in [1.54, 1.807) is 17.9 Å². The summed E-state index contributed by atoms with van der Waals surface area (Å²) in [6.45, 7) is 3.37. The number of aryl methyl sites for hydroxylation is 1. The van der Waals surface area contributed by atoms with Crippen LogP contribution in [0.3, 0.4) is 0 Å². The fourth-order valence-electron chi connectivity index (χ4n) is 6.52. The summed E-state index contributed by atoms with van der Waals surface area (Å²) < 4.78 is 95.8. The van der Waals surface area contributed by atoms with Crippen LogP contribution in [0.5, 0.6) is 0 Å². The highest BCUT2D eigenvalue weighted by atomic mass is 19.4. The van der Waals surface area contributed by atoms with Crippen LogP contribution in [0.25, 0.3) is 0 Å². The zero-order valence-electron chi connectivity index (χ0n) is 22.6. The van der Waals surface area contributed by atoms with E-state index in [1.165, 1.54) is 26.1 Å². The van der Waals surface area contributed by atoms with Crippen molar-refractivity contribution in [2.75, 3.05) is 13.6 Å². The molecule has 1 unspecified atom stereocenters. The number of hydrogen-bond donors (Lipinski definition) is 3. The molecule has 0 aromatic heterocycles. The molecule has 2 heterocycles. The minimum absolute atomic E-state index is 0.0726. The number of amides is 3. The molecule has 2 saturated heterocycles. The van der Waals surface area contributed by atoms with E-state index in [-0.39, 0.29) is 37.4 Å². The molecule has 224 valence electrons. The highest BCUT2D eigenvalue weighted by Gasteiger charge is 2.55. The average molecular weight is 589 g/mol. The second-order valence-electron chi connectivity index (χ2n) is 10.9. The predicted octanol–water partition coefficient (Wildman–Crippen LogP) is 5.65. The van der Waals surface area contributed by atoms with Crippen molar-refractivity contribution < 1.29 is 40.3 Å². The predicted molar refractivity (Wildman–Crippen MR) is 136 cm³/mol. The van der Waals surface area contributed by atoms with Crippen molar-refractivity contribution in [3.63, 3.8) is 0 Å². The molecule has 0 aliphatic carbocycles. The van der Waals surface area contributed by atoms with Gasteiger partial charge in [-0.2, -0.15) is 26.3 Å². The van der Waals surface area contributed by atoms with Gasteiger partial charge in [0.1, 0.15) is 5.82 Å². The molecular formula is C28H31F7N4O2. The molecule has 4 N–H and O–H groups in total. The lowest BCUT2D eigenvalue weighted by atomic mass is 9.67. The van der Waals surface area contributed by atoms with E-state index in [4.69, 9.17) is 5.73 Å². The number of hydrogen-bond acceptors (Lipinski definition) is 3. The molecule has 5 atom stereocenters. The zero-order valence-corrected chi connectivity index (χ0v) is 22.6. The number of nitrogens with zero attached hydrogens (tertiary/aromatic N) is 1. The van der Waals surface area contributed by atoms with Crippen LogP contribution >= 0.6 is 0 Å². The molecule has 3 amide bonds. The van der Waals surface area contributed by atoms with E-state index in [0.29, 0.717) is 23.3 Å². The zero-order chi connectivity index (χ0) is 30.5. The number of primary amides is 1.